The highest BCUT2D eigenvalue weighted by Crippen LogP contribution is 2.29. The van der Waals surface area contributed by atoms with Gasteiger partial charge in [-0.05, 0) is 49.1 Å². The third-order valence-electron chi connectivity index (χ3n) is 3.39. The van der Waals surface area contributed by atoms with Crippen LogP contribution in [-0.2, 0) is 6.42 Å². The van der Waals surface area contributed by atoms with E-state index < -0.39 is 11.6 Å². The van der Waals surface area contributed by atoms with Gasteiger partial charge in [0.15, 0.2) is 11.6 Å². The molecule has 2 nitrogen and oxygen atoms in total. The molecule has 112 valence electrons. The van der Waals surface area contributed by atoms with Crippen molar-refractivity contribution in [2.75, 3.05) is 0 Å². The molecule has 0 bridgehead atoms. The van der Waals surface area contributed by atoms with E-state index in [2.05, 4.69) is 0 Å². The molecule has 0 fully saturated rings. The summed E-state index contributed by atoms with van der Waals surface area (Å²) in [6.07, 6.45) is 1.60. The lowest BCUT2D eigenvalue weighted by molar-refractivity contribution is 0.433. The molecule has 2 N–H and O–H groups in total. The molecule has 0 amide bonds. The fraction of sp³-hybridized carbons (Fsp3) is 0.294. The van der Waals surface area contributed by atoms with Crippen molar-refractivity contribution in [3.8, 4) is 11.5 Å². The molecule has 0 saturated carbocycles. The van der Waals surface area contributed by atoms with E-state index in [1.807, 2.05) is 32.0 Å². The normalized spacial score (nSPS) is 12.2. The molecular formula is C17H19F2NO. The minimum atomic E-state index is -0.591. The van der Waals surface area contributed by atoms with Crippen molar-refractivity contribution >= 4 is 0 Å². The summed E-state index contributed by atoms with van der Waals surface area (Å²) >= 11 is 0. The average molecular weight is 291 g/mol. The number of ether oxygens (including phenoxy) is 1. The van der Waals surface area contributed by atoms with Crippen LogP contribution in [0.3, 0.4) is 0 Å². The van der Waals surface area contributed by atoms with Gasteiger partial charge in [0.2, 0.25) is 0 Å². The van der Waals surface area contributed by atoms with Crippen LogP contribution in [0.15, 0.2) is 36.4 Å². The maximum Gasteiger partial charge on any atom is 0.165 e. The zero-order valence-corrected chi connectivity index (χ0v) is 12.2. The van der Waals surface area contributed by atoms with Gasteiger partial charge in [-0.25, -0.2) is 8.78 Å². The van der Waals surface area contributed by atoms with Crippen molar-refractivity contribution in [1.82, 2.24) is 0 Å². The van der Waals surface area contributed by atoms with Crippen molar-refractivity contribution in [2.24, 2.45) is 5.73 Å². The minimum Gasteiger partial charge on any atom is -0.454 e. The summed E-state index contributed by atoms with van der Waals surface area (Å²) in [4.78, 5) is 0. The van der Waals surface area contributed by atoms with E-state index >= 15 is 0 Å². The van der Waals surface area contributed by atoms with Gasteiger partial charge in [-0.15, -0.1) is 0 Å². The Kier molecular flexibility index (Phi) is 4.91. The van der Waals surface area contributed by atoms with E-state index in [1.165, 1.54) is 0 Å². The van der Waals surface area contributed by atoms with Gasteiger partial charge >= 0.3 is 0 Å². The highest BCUT2D eigenvalue weighted by Gasteiger charge is 2.10. The first kappa shape index (κ1) is 15.4. The van der Waals surface area contributed by atoms with Crippen LogP contribution in [0, 0.1) is 18.6 Å². The van der Waals surface area contributed by atoms with E-state index in [0.717, 1.165) is 42.2 Å². The first-order chi connectivity index (χ1) is 9.99. The average Bonchev–Trinajstić information content (AvgIpc) is 2.46. The summed E-state index contributed by atoms with van der Waals surface area (Å²) in [5.41, 5.74) is 7.81. The zero-order valence-electron chi connectivity index (χ0n) is 12.2. The second-order valence-electron chi connectivity index (χ2n) is 5.15. The second-order valence-corrected chi connectivity index (χ2v) is 5.15. The van der Waals surface area contributed by atoms with Gasteiger partial charge in [0.05, 0.1) is 0 Å². The molecule has 1 atom stereocenters. The molecule has 2 aromatic carbocycles. The first-order valence-electron chi connectivity index (χ1n) is 6.97. The Morgan fingerprint density at radius 1 is 1.10 bits per heavy atom. The van der Waals surface area contributed by atoms with Gasteiger partial charge in [0.25, 0.3) is 0 Å². The summed E-state index contributed by atoms with van der Waals surface area (Å²) in [5.74, 6) is -0.727. The largest absolute Gasteiger partial charge is 0.454 e. The van der Waals surface area contributed by atoms with E-state index in [4.69, 9.17) is 10.5 Å². The summed E-state index contributed by atoms with van der Waals surface area (Å²) in [5, 5.41) is 0. The Morgan fingerprint density at radius 3 is 2.57 bits per heavy atom. The molecule has 1 unspecified atom stereocenters. The van der Waals surface area contributed by atoms with Gasteiger partial charge < -0.3 is 10.5 Å². The van der Waals surface area contributed by atoms with Gasteiger partial charge in [0, 0.05) is 12.1 Å². The van der Waals surface area contributed by atoms with Crippen LogP contribution in [0.5, 0.6) is 11.5 Å². The lowest BCUT2D eigenvalue weighted by atomic mass is 10.0. The van der Waals surface area contributed by atoms with Crippen LogP contribution < -0.4 is 10.5 Å². The fourth-order valence-corrected chi connectivity index (χ4v) is 2.00. The number of benzene rings is 2. The molecule has 0 aromatic heterocycles. The fourth-order valence-electron chi connectivity index (χ4n) is 2.00. The molecule has 2 aromatic rings. The van der Waals surface area contributed by atoms with E-state index in [1.54, 1.807) is 0 Å². The zero-order chi connectivity index (χ0) is 15.4. The molecule has 0 radical (unpaired) electrons. The number of aryl methyl sites for hydroxylation is 1. The monoisotopic (exact) mass is 291 g/mol. The maximum atomic E-state index is 13.6. The molecule has 21 heavy (non-hydrogen) atoms. The summed E-state index contributed by atoms with van der Waals surface area (Å²) in [6.45, 7) is 3.88. The molecule has 4 heteroatoms. The Balaban J connectivity index is 2.26. The molecule has 0 heterocycles. The van der Waals surface area contributed by atoms with Crippen molar-refractivity contribution in [1.29, 1.82) is 0 Å². The van der Waals surface area contributed by atoms with Gasteiger partial charge in [-0.1, -0.05) is 19.1 Å². The van der Waals surface area contributed by atoms with Crippen LogP contribution in [0.25, 0.3) is 0 Å². The van der Waals surface area contributed by atoms with E-state index in [9.17, 15) is 8.78 Å². The third-order valence-corrected chi connectivity index (χ3v) is 3.39. The summed E-state index contributed by atoms with van der Waals surface area (Å²) in [6, 6.07) is 8.92. The quantitative estimate of drug-likeness (QED) is 0.889. The molecule has 0 saturated heterocycles. The van der Waals surface area contributed by atoms with Crippen LogP contribution in [0.2, 0.25) is 0 Å². The predicted octanol–water partition coefficient (Wildman–Crippen LogP) is 4.35. The van der Waals surface area contributed by atoms with Gasteiger partial charge in [-0.2, -0.15) is 0 Å². The van der Waals surface area contributed by atoms with E-state index in [0.29, 0.717) is 5.75 Å². The van der Waals surface area contributed by atoms with Crippen molar-refractivity contribution in [2.45, 2.75) is 32.7 Å². The highest BCUT2D eigenvalue weighted by atomic mass is 19.1. The number of rotatable bonds is 5. The molecule has 0 aliphatic carbocycles. The van der Waals surface area contributed by atoms with Crippen molar-refractivity contribution < 1.29 is 13.5 Å². The van der Waals surface area contributed by atoms with Gasteiger partial charge in [-0.3, -0.25) is 0 Å². The Bertz CT molecular complexity index is 628. The third kappa shape index (κ3) is 4.02. The minimum absolute atomic E-state index is 0.0754. The number of halogens is 2. The van der Waals surface area contributed by atoms with Crippen molar-refractivity contribution in [3.63, 3.8) is 0 Å². The van der Waals surface area contributed by atoms with Crippen LogP contribution in [0.1, 0.15) is 24.5 Å². The molecule has 0 aliphatic rings. The SMILES string of the molecule is CCC(N)Cc1ccc(C)c(Oc2cc(F)ccc2F)c1. The second kappa shape index (κ2) is 6.68. The van der Waals surface area contributed by atoms with Crippen LogP contribution >= 0.6 is 0 Å². The number of hydrogen-bond donors (Lipinski definition) is 1. The number of nitrogens with two attached hydrogens (primary N) is 1. The summed E-state index contributed by atoms with van der Waals surface area (Å²) < 4.78 is 32.3. The Hall–Kier alpha value is -1.94. The van der Waals surface area contributed by atoms with Gasteiger partial charge in [0.1, 0.15) is 11.6 Å². The highest BCUT2D eigenvalue weighted by molar-refractivity contribution is 5.40. The molecule has 0 aliphatic heterocycles. The Morgan fingerprint density at radius 2 is 1.86 bits per heavy atom. The number of hydrogen-bond acceptors (Lipinski definition) is 2. The molecular weight excluding hydrogens is 272 g/mol. The standard InChI is InChI=1S/C17H19F2NO/c1-3-14(20)8-12-5-4-11(2)16(9-12)21-17-10-13(18)6-7-15(17)19/h4-7,9-10,14H,3,8,20H2,1-2H3. The Labute approximate surface area is 123 Å². The lowest BCUT2D eigenvalue weighted by Gasteiger charge is -2.13. The maximum absolute atomic E-state index is 13.6. The topological polar surface area (TPSA) is 35.2 Å². The lowest BCUT2D eigenvalue weighted by Crippen LogP contribution is -2.21. The van der Waals surface area contributed by atoms with Crippen LogP contribution in [0.4, 0.5) is 8.78 Å². The smallest absolute Gasteiger partial charge is 0.165 e. The molecule has 2 rings (SSSR count). The van der Waals surface area contributed by atoms with Crippen molar-refractivity contribution in [3.05, 3.63) is 59.2 Å². The van der Waals surface area contributed by atoms with Crippen LogP contribution in [-0.4, -0.2) is 6.04 Å². The summed E-state index contributed by atoms with van der Waals surface area (Å²) in [7, 11) is 0. The molecule has 0 spiro atoms. The van der Waals surface area contributed by atoms with E-state index in [-0.39, 0.29) is 11.8 Å². The first-order valence-corrected chi connectivity index (χ1v) is 6.97. The predicted molar refractivity (Wildman–Crippen MR) is 79.6 cm³/mol.